The molecule has 4 rings (SSSR count). The van der Waals surface area contributed by atoms with Crippen molar-refractivity contribution in [3.63, 3.8) is 0 Å². The van der Waals surface area contributed by atoms with Crippen molar-refractivity contribution >= 4 is 17.3 Å². The van der Waals surface area contributed by atoms with Gasteiger partial charge in [-0.15, -0.1) is 10.2 Å². The molecule has 2 aromatic heterocycles. The zero-order valence-corrected chi connectivity index (χ0v) is 15.6. The van der Waals surface area contributed by atoms with Crippen LogP contribution in [-0.2, 0) is 6.42 Å². The van der Waals surface area contributed by atoms with Crippen molar-refractivity contribution < 1.29 is 0 Å². The van der Waals surface area contributed by atoms with Gasteiger partial charge in [-0.2, -0.15) is 0 Å². The first-order valence-electron chi connectivity index (χ1n) is 9.80. The van der Waals surface area contributed by atoms with Crippen LogP contribution in [0.3, 0.4) is 0 Å². The van der Waals surface area contributed by atoms with Crippen LogP contribution in [-0.4, -0.2) is 45.1 Å². The standard InChI is InChI=1S/C21H26N6/c1-3-10-18(11-4-1)23-21(26-15-6-2-7-16-26)22-14-9-13-20-25-24-19-12-5-8-17-27(19)20/h1,3-5,8,10-12,17H,2,6-7,9,13-16H2,(H,22,23). The van der Waals surface area contributed by atoms with Gasteiger partial charge in [-0.25, -0.2) is 0 Å². The van der Waals surface area contributed by atoms with Gasteiger partial charge >= 0.3 is 0 Å². The maximum atomic E-state index is 4.90. The Bertz CT molecular complexity index is 880. The Kier molecular flexibility index (Phi) is 5.62. The summed E-state index contributed by atoms with van der Waals surface area (Å²) in [6.07, 6.45) is 7.62. The zero-order valence-electron chi connectivity index (χ0n) is 15.6. The minimum atomic E-state index is 0.771. The fourth-order valence-corrected chi connectivity index (χ4v) is 3.46. The Balaban J connectivity index is 1.40. The van der Waals surface area contributed by atoms with E-state index in [1.165, 1.54) is 19.3 Å². The molecule has 0 radical (unpaired) electrons. The number of aryl methyl sites for hydroxylation is 1. The summed E-state index contributed by atoms with van der Waals surface area (Å²) in [7, 11) is 0. The summed E-state index contributed by atoms with van der Waals surface area (Å²) in [6, 6.07) is 16.3. The minimum Gasteiger partial charge on any atom is -0.343 e. The highest BCUT2D eigenvalue weighted by Gasteiger charge is 2.15. The van der Waals surface area contributed by atoms with E-state index in [-0.39, 0.29) is 0 Å². The zero-order chi connectivity index (χ0) is 18.3. The number of pyridine rings is 1. The Morgan fingerprint density at radius 1 is 0.963 bits per heavy atom. The van der Waals surface area contributed by atoms with Gasteiger partial charge in [0.2, 0.25) is 0 Å². The summed E-state index contributed by atoms with van der Waals surface area (Å²) in [5, 5.41) is 12.0. The van der Waals surface area contributed by atoms with Crippen molar-refractivity contribution in [2.45, 2.75) is 32.1 Å². The number of benzene rings is 1. The monoisotopic (exact) mass is 362 g/mol. The molecule has 1 aliphatic heterocycles. The third kappa shape index (κ3) is 4.45. The highest BCUT2D eigenvalue weighted by molar-refractivity contribution is 5.93. The molecule has 0 atom stereocenters. The SMILES string of the molecule is c1ccc(NC(=NCCCc2nnc3ccccn23)N2CCCCC2)cc1. The molecule has 3 aromatic rings. The number of nitrogens with zero attached hydrogens (tertiary/aromatic N) is 5. The molecule has 1 saturated heterocycles. The van der Waals surface area contributed by atoms with Gasteiger partial charge in [0.15, 0.2) is 11.6 Å². The first-order valence-corrected chi connectivity index (χ1v) is 9.80. The van der Waals surface area contributed by atoms with E-state index in [0.29, 0.717) is 0 Å². The van der Waals surface area contributed by atoms with Crippen LogP contribution < -0.4 is 5.32 Å². The molecule has 3 heterocycles. The second kappa shape index (κ2) is 8.66. The molecular formula is C21H26N6. The van der Waals surface area contributed by atoms with Gasteiger partial charge in [0.05, 0.1) is 0 Å². The van der Waals surface area contributed by atoms with Gasteiger partial charge < -0.3 is 10.2 Å². The molecule has 1 fully saturated rings. The highest BCUT2D eigenvalue weighted by Crippen LogP contribution is 2.13. The molecule has 0 saturated carbocycles. The van der Waals surface area contributed by atoms with Crippen LogP contribution in [0.1, 0.15) is 31.5 Å². The van der Waals surface area contributed by atoms with Gasteiger partial charge in [-0.05, 0) is 49.9 Å². The van der Waals surface area contributed by atoms with Crippen molar-refractivity contribution in [1.29, 1.82) is 0 Å². The number of guanidine groups is 1. The fraction of sp³-hybridized carbons (Fsp3) is 0.381. The third-order valence-corrected chi connectivity index (χ3v) is 4.89. The topological polar surface area (TPSA) is 57.8 Å². The van der Waals surface area contributed by atoms with E-state index < -0.39 is 0 Å². The van der Waals surface area contributed by atoms with Crippen LogP contribution in [0.2, 0.25) is 0 Å². The van der Waals surface area contributed by atoms with Gasteiger partial charge in [0.25, 0.3) is 0 Å². The molecule has 0 unspecified atom stereocenters. The largest absolute Gasteiger partial charge is 0.343 e. The summed E-state index contributed by atoms with van der Waals surface area (Å²) in [5.41, 5.74) is 1.99. The van der Waals surface area contributed by atoms with Crippen LogP contribution in [0, 0.1) is 0 Å². The smallest absolute Gasteiger partial charge is 0.198 e. The second-order valence-electron chi connectivity index (χ2n) is 6.89. The number of hydrogen-bond donors (Lipinski definition) is 1. The van der Waals surface area contributed by atoms with E-state index >= 15 is 0 Å². The number of nitrogens with one attached hydrogen (secondary N) is 1. The highest BCUT2D eigenvalue weighted by atomic mass is 15.3. The third-order valence-electron chi connectivity index (χ3n) is 4.89. The molecule has 27 heavy (non-hydrogen) atoms. The van der Waals surface area contributed by atoms with Crippen LogP contribution >= 0.6 is 0 Å². The summed E-state index contributed by atoms with van der Waals surface area (Å²) < 4.78 is 2.05. The summed E-state index contributed by atoms with van der Waals surface area (Å²) in [6.45, 7) is 2.92. The average Bonchev–Trinajstić information content (AvgIpc) is 3.15. The van der Waals surface area contributed by atoms with Crippen LogP contribution in [0.4, 0.5) is 5.69 Å². The molecule has 1 aliphatic rings. The lowest BCUT2D eigenvalue weighted by Crippen LogP contribution is -2.40. The Hall–Kier alpha value is -2.89. The summed E-state index contributed by atoms with van der Waals surface area (Å²) >= 11 is 0. The molecule has 1 aromatic carbocycles. The lowest BCUT2D eigenvalue weighted by atomic mass is 10.1. The van der Waals surface area contributed by atoms with E-state index in [0.717, 1.165) is 55.6 Å². The van der Waals surface area contributed by atoms with Crippen molar-refractivity contribution in [2.75, 3.05) is 25.0 Å². The van der Waals surface area contributed by atoms with Gasteiger partial charge in [-0.3, -0.25) is 9.39 Å². The number of hydrogen-bond acceptors (Lipinski definition) is 3. The number of aromatic nitrogens is 3. The number of piperidine rings is 1. The number of likely N-dealkylation sites (tertiary alicyclic amines) is 1. The quantitative estimate of drug-likeness (QED) is 0.428. The number of fused-ring (bicyclic) bond motifs is 1. The normalized spacial score (nSPS) is 15.3. The number of aliphatic imine (C=N–C) groups is 1. The molecule has 6 heteroatoms. The predicted molar refractivity (Wildman–Crippen MR) is 109 cm³/mol. The molecule has 0 aliphatic carbocycles. The molecule has 1 N–H and O–H groups in total. The van der Waals surface area contributed by atoms with Crippen LogP contribution in [0.5, 0.6) is 0 Å². The van der Waals surface area contributed by atoms with E-state index in [2.05, 4.69) is 36.9 Å². The predicted octanol–water partition coefficient (Wildman–Crippen LogP) is 3.62. The van der Waals surface area contributed by atoms with Crippen molar-refractivity contribution in [2.24, 2.45) is 4.99 Å². The summed E-state index contributed by atoms with van der Waals surface area (Å²) in [4.78, 5) is 7.27. The Labute approximate surface area is 159 Å². The summed E-state index contributed by atoms with van der Waals surface area (Å²) in [5.74, 6) is 1.99. The van der Waals surface area contributed by atoms with Gasteiger partial charge in [0, 0.05) is 37.9 Å². The first-order chi connectivity index (χ1) is 13.4. The van der Waals surface area contributed by atoms with Gasteiger partial charge in [-0.1, -0.05) is 24.3 Å². The molecule has 140 valence electrons. The maximum Gasteiger partial charge on any atom is 0.198 e. The Morgan fingerprint density at radius 2 is 1.78 bits per heavy atom. The van der Waals surface area contributed by atoms with E-state index in [9.17, 15) is 0 Å². The minimum absolute atomic E-state index is 0.771. The molecule has 0 amide bonds. The van der Waals surface area contributed by atoms with Crippen molar-refractivity contribution in [3.8, 4) is 0 Å². The number of anilines is 1. The van der Waals surface area contributed by atoms with Gasteiger partial charge in [0.1, 0.15) is 5.82 Å². The van der Waals surface area contributed by atoms with Crippen LogP contribution in [0.15, 0.2) is 59.7 Å². The van der Waals surface area contributed by atoms with Crippen molar-refractivity contribution in [1.82, 2.24) is 19.5 Å². The maximum absolute atomic E-state index is 4.90. The Morgan fingerprint density at radius 3 is 2.63 bits per heavy atom. The lowest BCUT2D eigenvalue weighted by molar-refractivity contribution is 0.340. The lowest BCUT2D eigenvalue weighted by Gasteiger charge is -2.30. The molecule has 0 bridgehead atoms. The first kappa shape index (κ1) is 17.5. The molecule has 6 nitrogen and oxygen atoms in total. The van der Waals surface area contributed by atoms with Crippen molar-refractivity contribution in [3.05, 3.63) is 60.6 Å². The van der Waals surface area contributed by atoms with E-state index in [1.807, 2.05) is 42.6 Å². The van der Waals surface area contributed by atoms with Crippen LogP contribution in [0.25, 0.3) is 5.65 Å². The number of para-hydroxylation sites is 1. The number of rotatable bonds is 5. The molecular weight excluding hydrogens is 336 g/mol. The van der Waals surface area contributed by atoms with E-state index in [4.69, 9.17) is 4.99 Å². The second-order valence-corrected chi connectivity index (χ2v) is 6.89. The van der Waals surface area contributed by atoms with E-state index in [1.54, 1.807) is 0 Å². The fourth-order valence-electron chi connectivity index (χ4n) is 3.46. The molecule has 0 spiro atoms. The average molecular weight is 362 g/mol.